The SMILES string of the molecule is CC(CCC(C)N1CCN(S(C)(=O)=O)CC1)N1CCSCC1. The molecule has 0 bridgehead atoms. The molecule has 0 radical (unpaired) electrons. The topological polar surface area (TPSA) is 43.9 Å². The van der Waals surface area contributed by atoms with Gasteiger partial charge in [0.25, 0.3) is 0 Å². The molecule has 5 nitrogen and oxygen atoms in total. The van der Waals surface area contributed by atoms with Gasteiger partial charge in [-0.1, -0.05) is 0 Å². The number of nitrogens with zero attached hydrogens (tertiary/aromatic N) is 3. The zero-order chi connectivity index (χ0) is 16.2. The summed E-state index contributed by atoms with van der Waals surface area (Å²) in [4.78, 5) is 5.06. The van der Waals surface area contributed by atoms with Gasteiger partial charge in [-0.05, 0) is 26.7 Å². The molecule has 0 aromatic rings. The van der Waals surface area contributed by atoms with Crippen LogP contribution in [0, 0.1) is 0 Å². The highest BCUT2D eigenvalue weighted by molar-refractivity contribution is 7.99. The molecule has 22 heavy (non-hydrogen) atoms. The lowest BCUT2D eigenvalue weighted by atomic mass is 10.1. The van der Waals surface area contributed by atoms with E-state index in [2.05, 4.69) is 35.4 Å². The number of piperazine rings is 1. The van der Waals surface area contributed by atoms with E-state index in [0.717, 1.165) is 13.1 Å². The summed E-state index contributed by atoms with van der Waals surface area (Å²) in [7, 11) is -3.02. The third-order valence-corrected chi connectivity index (χ3v) is 7.28. The van der Waals surface area contributed by atoms with Crippen LogP contribution in [-0.4, -0.2) is 91.6 Å². The number of hydrogen-bond acceptors (Lipinski definition) is 5. The highest BCUT2D eigenvalue weighted by Gasteiger charge is 2.26. The molecule has 2 atom stereocenters. The smallest absolute Gasteiger partial charge is 0.211 e. The van der Waals surface area contributed by atoms with Crippen LogP contribution < -0.4 is 0 Å². The fourth-order valence-electron chi connectivity index (χ4n) is 3.34. The van der Waals surface area contributed by atoms with Crippen LogP contribution in [0.5, 0.6) is 0 Å². The van der Waals surface area contributed by atoms with Gasteiger partial charge < -0.3 is 0 Å². The second-order valence-corrected chi connectivity index (χ2v) is 9.83. The normalized spacial score (nSPS) is 26.0. The Morgan fingerprint density at radius 3 is 1.77 bits per heavy atom. The van der Waals surface area contributed by atoms with Crippen molar-refractivity contribution in [1.29, 1.82) is 0 Å². The molecule has 0 aromatic heterocycles. The summed E-state index contributed by atoms with van der Waals surface area (Å²) < 4.78 is 24.7. The first-order valence-corrected chi connectivity index (χ1v) is 11.4. The second kappa shape index (κ2) is 8.33. The Labute approximate surface area is 140 Å². The van der Waals surface area contributed by atoms with Crippen LogP contribution in [0.2, 0.25) is 0 Å². The van der Waals surface area contributed by atoms with E-state index in [0.29, 0.717) is 25.2 Å². The highest BCUT2D eigenvalue weighted by atomic mass is 32.2. The lowest BCUT2D eigenvalue weighted by Crippen LogP contribution is -2.51. The number of hydrogen-bond donors (Lipinski definition) is 0. The van der Waals surface area contributed by atoms with Gasteiger partial charge in [-0.15, -0.1) is 0 Å². The molecular formula is C15H31N3O2S2. The summed E-state index contributed by atoms with van der Waals surface area (Å²) in [5.74, 6) is 2.54. The van der Waals surface area contributed by atoms with E-state index < -0.39 is 10.0 Å². The quantitative estimate of drug-likeness (QED) is 0.720. The van der Waals surface area contributed by atoms with Gasteiger partial charge in [0.15, 0.2) is 0 Å². The van der Waals surface area contributed by atoms with Crippen LogP contribution in [0.25, 0.3) is 0 Å². The van der Waals surface area contributed by atoms with E-state index in [9.17, 15) is 8.42 Å². The Bertz CT molecular complexity index is 430. The van der Waals surface area contributed by atoms with E-state index in [1.807, 2.05) is 0 Å². The molecule has 2 rings (SSSR count). The molecule has 0 aliphatic carbocycles. The number of sulfonamides is 1. The Hall–Kier alpha value is 0.180. The number of rotatable bonds is 6. The maximum Gasteiger partial charge on any atom is 0.211 e. The van der Waals surface area contributed by atoms with Crippen LogP contribution in [-0.2, 0) is 10.0 Å². The second-order valence-electron chi connectivity index (χ2n) is 6.62. The molecule has 0 aromatic carbocycles. The fourth-order valence-corrected chi connectivity index (χ4v) is 5.10. The van der Waals surface area contributed by atoms with Crippen molar-refractivity contribution in [2.45, 2.75) is 38.8 Å². The summed E-state index contributed by atoms with van der Waals surface area (Å²) in [6, 6.07) is 1.21. The number of thioether (sulfide) groups is 1. The molecule has 0 N–H and O–H groups in total. The first kappa shape index (κ1) is 18.5. The molecule has 2 unspecified atom stereocenters. The van der Waals surface area contributed by atoms with Gasteiger partial charge in [0.2, 0.25) is 10.0 Å². The third kappa shape index (κ3) is 5.37. The predicted molar refractivity (Wildman–Crippen MR) is 95.0 cm³/mol. The van der Waals surface area contributed by atoms with Gasteiger partial charge in [0.05, 0.1) is 6.26 Å². The molecule has 7 heteroatoms. The molecule has 2 fully saturated rings. The van der Waals surface area contributed by atoms with Crippen molar-refractivity contribution < 1.29 is 8.42 Å². The molecule has 0 amide bonds. The van der Waals surface area contributed by atoms with Crippen molar-refractivity contribution in [2.75, 3.05) is 57.0 Å². The van der Waals surface area contributed by atoms with Gasteiger partial charge >= 0.3 is 0 Å². The summed E-state index contributed by atoms with van der Waals surface area (Å²) in [5, 5.41) is 0. The first-order valence-electron chi connectivity index (χ1n) is 8.39. The Morgan fingerprint density at radius 1 is 0.864 bits per heavy atom. The maximum atomic E-state index is 11.6. The van der Waals surface area contributed by atoms with Crippen molar-refractivity contribution >= 4 is 21.8 Å². The minimum atomic E-state index is -3.02. The average Bonchev–Trinajstić information content (AvgIpc) is 2.52. The molecule has 2 aliphatic heterocycles. The molecule has 2 aliphatic rings. The Kier molecular flexibility index (Phi) is 7.01. The Morgan fingerprint density at radius 2 is 1.32 bits per heavy atom. The lowest BCUT2D eigenvalue weighted by Gasteiger charge is -2.38. The molecule has 2 heterocycles. The van der Waals surface area contributed by atoms with Crippen molar-refractivity contribution in [1.82, 2.24) is 14.1 Å². The van der Waals surface area contributed by atoms with Crippen LogP contribution >= 0.6 is 11.8 Å². The van der Waals surface area contributed by atoms with Crippen molar-refractivity contribution in [3.63, 3.8) is 0 Å². The summed E-state index contributed by atoms with van der Waals surface area (Å²) in [5.41, 5.74) is 0. The highest BCUT2D eigenvalue weighted by Crippen LogP contribution is 2.18. The molecule has 130 valence electrons. The van der Waals surface area contributed by atoms with Gasteiger partial charge in [0, 0.05) is 62.9 Å². The Balaban J connectivity index is 1.70. The zero-order valence-corrected chi connectivity index (χ0v) is 15.8. The first-order chi connectivity index (χ1) is 10.4. The van der Waals surface area contributed by atoms with E-state index in [4.69, 9.17) is 0 Å². The van der Waals surface area contributed by atoms with Gasteiger partial charge in [-0.2, -0.15) is 16.1 Å². The third-order valence-electron chi connectivity index (χ3n) is 5.04. The van der Waals surface area contributed by atoms with Crippen LogP contribution in [0.4, 0.5) is 0 Å². The largest absolute Gasteiger partial charge is 0.299 e. The van der Waals surface area contributed by atoms with Crippen molar-refractivity contribution in [3.05, 3.63) is 0 Å². The predicted octanol–water partition coefficient (Wildman–Crippen LogP) is 1.17. The monoisotopic (exact) mass is 349 g/mol. The van der Waals surface area contributed by atoms with E-state index in [1.165, 1.54) is 43.7 Å². The zero-order valence-electron chi connectivity index (χ0n) is 14.2. The molecular weight excluding hydrogens is 318 g/mol. The standard InChI is InChI=1S/C15H31N3O2S2/c1-14(4-5-15(2)17-10-12-21-13-11-17)16-6-8-18(9-7-16)22(3,19)20/h14-15H,4-13H2,1-3H3. The minimum absolute atomic E-state index is 0.545. The fraction of sp³-hybridized carbons (Fsp3) is 1.00. The molecule has 0 saturated carbocycles. The van der Waals surface area contributed by atoms with Crippen LogP contribution in [0.3, 0.4) is 0 Å². The molecule has 2 saturated heterocycles. The maximum absolute atomic E-state index is 11.6. The average molecular weight is 350 g/mol. The summed E-state index contributed by atoms with van der Waals surface area (Å²) in [6.07, 6.45) is 3.74. The van der Waals surface area contributed by atoms with E-state index in [1.54, 1.807) is 4.31 Å². The summed E-state index contributed by atoms with van der Waals surface area (Å²) >= 11 is 2.06. The van der Waals surface area contributed by atoms with Gasteiger partial charge in [-0.3, -0.25) is 9.80 Å². The molecule has 0 spiro atoms. The van der Waals surface area contributed by atoms with Gasteiger partial charge in [0.1, 0.15) is 0 Å². The van der Waals surface area contributed by atoms with Crippen molar-refractivity contribution in [3.8, 4) is 0 Å². The van der Waals surface area contributed by atoms with E-state index in [-0.39, 0.29) is 0 Å². The van der Waals surface area contributed by atoms with Crippen LogP contribution in [0.15, 0.2) is 0 Å². The van der Waals surface area contributed by atoms with Crippen LogP contribution in [0.1, 0.15) is 26.7 Å². The lowest BCUT2D eigenvalue weighted by molar-refractivity contribution is 0.128. The van der Waals surface area contributed by atoms with Crippen molar-refractivity contribution in [2.24, 2.45) is 0 Å². The van der Waals surface area contributed by atoms with E-state index >= 15 is 0 Å². The summed E-state index contributed by atoms with van der Waals surface area (Å²) in [6.45, 7) is 10.1. The minimum Gasteiger partial charge on any atom is -0.299 e. The van der Waals surface area contributed by atoms with Gasteiger partial charge in [-0.25, -0.2) is 8.42 Å².